The minimum atomic E-state index is -1.85. The summed E-state index contributed by atoms with van der Waals surface area (Å²) in [6, 6.07) is 5.70. The number of aliphatic hydroxyl groups is 1. The van der Waals surface area contributed by atoms with Crippen LogP contribution in [0.15, 0.2) is 23.0 Å². The molecule has 1 N–H and O–H groups in total. The summed E-state index contributed by atoms with van der Waals surface area (Å²) in [7, 11) is 2.14. The second kappa shape index (κ2) is 9.48. The first-order chi connectivity index (χ1) is 18.4. The first-order valence-corrected chi connectivity index (χ1v) is 13.2. The highest BCUT2D eigenvalue weighted by Crippen LogP contribution is 2.43. The number of nitrogens with zero attached hydrogens (tertiary/aromatic N) is 4. The predicted molar refractivity (Wildman–Crippen MR) is 146 cm³/mol. The van der Waals surface area contributed by atoms with Crippen molar-refractivity contribution in [2.45, 2.75) is 38.6 Å². The Bertz CT molecular complexity index is 1560. The van der Waals surface area contributed by atoms with Gasteiger partial charge in [-0.25, -0.2) is 9.78 Å². The number of halogens is 1. The number of piperazine rings is 1. The number of aromatic nitrogens is 2. The Kier molecular flexibility index (Phi) is 6.33. The van der Waals surface area contributed by atoms with E-state index in [-0.39, 0.29) is 31.0 Å². The van der Waals surface area contributed by atoms with Gasteiger partial charge in [0.25, 0.3) is 5.56 Å². The molecule has 0 radical (unpaired) electrons. The van der Waals surface area contributed by atoms with Crippen molar-refractivity contribution in [3.63, 3.8) is 0 Å². The van der Waals surface area contributed by atoms with E-state index in [4.69, 9.17) is 19.2 Å². The quantitative estimate of drug-likeness (QED) is 0.381. The number of hydrogen-bond donors (Lipinski definition) is 1. The Balaban J connectivity index is 0.00000277. The van der Waals surface area contributed by atoms with Gasteiger partial charge >= 0.3 is 5.97 Å². The smallest absolute Gasteiger partial charge is 0.343 e. The third-order valence-electron chi connectivity index (χ3n) is 8.45. The van der Waals surface area contributed by atoms with Crippen molar-refractivity contribution in [3.05, 3.63) is 50.8 Å². The zero-order valence-electron chi connectivity index (χ0n) is 22.0. The van der Waals surface area contributed by atoms with Gasteiger partial charge in [-0.3, -0.25) is 9.69 Å². The number of carbonyl (C=O) groups is 1. The molecular weight excluding hydrogens is 524 g/mol. The van der Waals surface area contributed by atoms with Crippen LogP contribution < -0.4 is 15.0 Å². The molecule has 0 unspecified atom stereocenters. The van der Waals surface area contributed by atoms with Crippen molar-refractivity contribution < 1.29 is 24.1 Å². The molecule has 1 aromatic carbocycles. The first-order valence-electron chi connectivity index (χ1n) is 13.2. The van der Waals surface area contributed by atoms with E-state index in [0.29, 0.717) is 53.8 Å². The van der Waals surface area contributed by atoms with Crippen molar-refractivity contribution in [2.24, 2.45) is 0 Å². The monoisotopic (exact) mass is 554 g/mol. The molecule has 1 fully saturated rings. The Morgan fingerprint density at radius 2 is 1.72 bits per heavy atom. The van der Waals surface area contributed by atoms with E-state index < -0.39 is 11.6 Å². The van der Waals surface area contributed by atoms with Crippen LogP contribution in [0.2, 0.25) is 0 Å². The van der Waals surface area contributed by atoms with E-state index in [0.717, 1.165) is 54.8 Å². The van der Waals surface area contributed by atoms with E-state index in [9.17, 15) is 14.7 Å². The maximum atomic E-state index is 13.7. The summed E-state index contributed by atoms with van der Waals surface area (Å²) in [6.45, 7) is 7.52. The molecule has 0 amide bonds. The van der Waals surface area contributed by atoms with Gasteiger partial charge in [-0.1, -0.05) is 6.92 Å². The zero-order valence-corrected chi connectivity index (χ0v) is 22.8. The summed E-state index contributed by atoms with van der Waals surface area (Å²) < 4.78 is 18.7. The fourth-order valence-electron chi connectivity index (χ4n) is 6.11. The van der Waals surface area contributed by atoms with Crippen molar-refractivity contribution in [3.8, 4) is 22.9 Å². The summed E-state index contributed by atoms with van der Waals surface area (Å²) in [5, 5.41) is 12.2. The lowest BCUT2D eigenvalue weighted by Gasteiger charge is -2.33. The molecule has 4 aliphatic heterocycles. The molecule has 11 heteroatoms. The molecule has 0 saturated carbocycles. The number of carbonyl (C=O) groups excluding carboxylic acids is 1. The summed E-state index contributed by atoms with van der Waals surface area (Å²) in [5.41, 5.74) is 2.73. The van der Waals surface area contributed by atoms with Crippen LogP contribution in [-0.2, 0) is 34.8 Å². The topological polar surface area (TPSA) is 106 Å². The Morgan fingerprint density at radius 3 is 2.44 bits per heavy atom. The minimum Gasteiger partial charge on any atom is -0.486 e. The van der Waals surface area contributed by atoms with Gasteiger partial charge in [-0.15, -0.1) is 12.4 Å². The van der Waals surface area contributed by atoms with E-state index in [1.54, 1.807) is 17.6 Å². The van der Waals surface area contributed by atoms with Crippen LogP contribution in [0.3, 0.4) is 0 Å². The number of esters is 1. The van der Waals surface area contributed by atoms with Gasteiger partial charge in [0.15, 0.2) is 17.1 Å². The molecule has 206 valence electrons. The predicted octanol–water partition coefficient (Wildman–Crippen LogP) is 2.02. The fourth-order valence-corrected chi connectivity index (χ4v) is 6.11. The maximum Gasteiger partial charge on any atom is 0.343 e. The number of hydrogen-bond acceptors (Lipinski definition) is 9. The number of likely N-dealkylation sites (N-methyl/N-ethyl adjacent to an activating group) is 1. The molecule has 0 spiro atoms. The SMILES string of the molecule is CC[C@@]1(O)C(=O)OCc2c1cc1n(c2=O)Cc2c-1nc1cc3c(cc1c2CN1CCN(C)CC1)OCCO3.Cl. The summed E-state index contributed by atoms with van der Waals surface area (Å²) in [6.07, 6.45) is 0.109. The molecule has 10 nitrogen and oxygen atoms in total. The average Bonchev–Trinajstić information content (AvgIpc) is 3.30. The van der Waals surface area contributed by atoms with Crippen LogP contribution >= 0.6 is 12.4 Å². The highest BCUT2D eigenvalue weighted by molar-refractivity contribution is 5.91. The molecule has 0 aliphatic carbocycles. The standard InChI is InChI=1S/C28H30N4O6.ClH/c1-3-28(35)20-11-22-25-18(14-32(22)26(33)19(20)15-38-27(28)34)17(13-31-6-4-30(2)5-7-31)16-10-23-24(12-21(16)29-25)37-9-8-36-23;/h10-12,35H,3-9,13-15H2,1-2H3;1H/t28-;/m0./s1. The van der Waals surface area contributed by atoms with Crippen LogP contribution in [0.5, 0.6) is 11.5 Å². The summed E-state index contributed by atoms with van der Waals surface area (Å²) in [5.74, 6) is 0.642. The number of cyclic esters (lactones) is 1. The number of fused-ring (bicyclic) bond motifs is 6. The molecule has 39 heavy (non-hydrogen) atoms. The Labute approximate surface area is 231 Å². The molecule has 2 aromatic heterocycles. The molecule has 4 aliphatic rings. The average molecular weight is 555 g/mol. The number of benzene rings is 1. The lowest BCUT2D eigenvalue weighted by atomic mass is 9.86. The van der Waals surface area contributed by atoms with Gasteiger partial charge in [0.2, 0.25) is 0 Å². The van der Waals surface area contributed by atoms with Gasteiger partial charge < -0.3 is 28.8 Å². The molecule has 3 aromatic rings. The Morgan fingerprint density at radius 1 is 1.00 bits per heavy atom. The van der Waals surface area contributed by atoms with E-state index in [1.165, 1.54) is 0 Å². The van der Waals surface area contributed by atoms with Crippen LogP contribution in [0, 0.1) is 0 Å². The Hall–Kier alpha value is -3.18. The number of pyridine rings is 2. The van der Waals surface area contributed by atoms with Crippen LogP contribution in [-0.4, -0.2) is 76.9 Å². The summed E-state index contributed by atoms with van der Waals surface area (Å²) in [4.78, 5) is 36.0. The van der Waals surface area contributed by atoms with Gasteiger partial charge in [0.05, 0.1) is 29.0 Å². The van der Waals surface area contributed by atoms with Crippen molar-refractivity contribution in [1.82, 2.24) is 19.4 Å². The van der Waals surface area contributed by atoms with E-state index in [2.05, 4.69) is 16.8 Å². The van der Waals surface area contributed by atoms with E-state index >= 15 is 0 Å². The van der Waals surface area contributed by atoms with Crippen LogP contribution in [0.25, 0.3) is 22.3 Å². The molecule has 1 saturated heterocycles. The van der Waals surface area contributed by atoms with Gasteiger partial charge in [-0.2, -0.15) is 0 Å². The molecule has 1 atom stereocenters. The van der Waals surface area contributed by atoms with Crippen LogP contribution in [0.4, 0.5) is 0 Å². The fraction of sp³-hybridized carbons (Fsp3) is 0.464. The van der Waals surface area contributed by atoms with Crippen LogP contribution in [0.1, 0.15) is 35.6 Å². The molecule has 0 bridgehead atoms. The third-order valence-corrected chi connectivity index (χ3v) is 8.45. The van der Waals surface area contributed by atoms with Gasteiger partial charge in [0.1, 0.15) is 19.8 Å². The zero-order chi connectivity index (χ0) is 26.2. The lowest BCUT2D eigenvalue weighted by Crippen LogP contribution is -2.44. The van der Waals surface area contributed by atoms with Crippen molar-refractivity contribution in [1.29, 1.82) is 0 Å². The second-order valence-corrected chi connectivity index (χ2v) is 10.6. The second-order valence-electron chi connectivity index (χ2n) is 10.6. The third kappa shape index (κ3) is 3.92. The summed E-state index contributed by atoms with van der Waals surface area (Å²) >= 11 is 0. The minimum absolute atomic E-state index is 0. The number of rotatable bonds is 3. The van der Waals surface area contributed by atoms with Crippen molar-refractivity contribution in [2.75, 3.05) is 46.4 Å². The van der Waals surface area contributed by atoms with Crippen molar-refractivity contribution >= 4 is 29.3 Å². The normalized spacial score (nSPS) is 22.1. The molecule has 6 heterocycles. The highest BCUT2D eigenvalue weighted by Gasteiger charge is 2.45. The molecular formula is C28H31ClN4O6. The van der Waals surface area contributed by atoms with E-state index in [1.807, 2.05) is 12.1 Å². The number of ether oxygens (including phenoxy) is 3. The van der Waals surface area contributed by atoms with Gasteiger partial charge in [-0.05, 0) is 31.2 Å². The molecule has 7 rings (SSSR count). The van der Waals surface area contributed by atoms with Gasteiger partial charge in [0, 0.05) is 55.3 Å². The highest BCUT2D eigenvalue weighted by atomic mass is 35.5. The largest absolute Gasteiger partial charge is 0.486 e. The lowest BCUT2D eigenvalue weighted by molar-refractivity contribution is -0.172. The maximum absolute atomic E-state index is 13.7. The first kappa shape index (κ1) is 26.1.